The summed E-state index contributed by atoms with van der Waals surface area (Å²) in [6, 6.07) is 4.41. The molecule has 0 aliphatic rings. The Morgan fingerprint density at radius 1 is 0.788 bits per heavy atom. The molecule has 1 aromatic carbocycles. The molecule has 0 amide bonds. The van der Waals surface area contributed by atoms with E-state index in [1.54, 1.807) is 6.92 Å². The summed E-state index contributed by atoms with van der Waals surface area (Å²) in [5, 5.41) is 18.7. The molecule has 4 N–H and O–H groups in total. The van der Waals surface area contributed by atoms with Crippen LogP contribution in [0.2, 0.25) is 0 Å². The zero-order valence-electron chi connectivity index (χ0n) is 22.1. The third kappa shape index (κ3) is 13.7. The summed E-state index contributed by atoms with van der Waals surface area (Å²) in [5.74, 6) is -0.736. The van der Waals surface area contributed by atoms with Gasteiger partial charge in [-0.2, -0.15) is 0 Å². The monoisotopic (exact) mass is 486 g/mol. The SMILES string of the molecule is CCCCC(C)C(O)(O)CC.CCCCc1cc(CCCC)c(OP(O)O)c(CCCC)c1. The summed E-state index contributed by atoms with van der Waals surface area (Å²) < 4.78 is 5.41. The van der Waals surface area contributed by atoms with Crippen LogP contribution in [0, 0.1) is 5.92 Å². The molecule has 0 saturated carbocycles. The minimum absolute atomic E-state index is 0.00699. The molecule has 5 nitrogen and oxygen atoms in total. The average Bonchev–Trinajstić information content (AvgIpc) is 2.79. The van der Waals surface area contributed by atoms with Crippen molar-refractivity contribution in [2.45, 2.75) is 131 Å². The Bertz CT molecular complexity index is 590. The van der Waals surface area contributed by atoms with Crippen molar-refractivity contribution in [2.24, 2.45) is 5.92 Å². The summed E-state index contributed by atoms with van der Waals surface area (Å²) in [7, 11) is -2.36. The van der Waals surface area contributed by atoms with Gasteiger partial charge in [-0.1, -0.05) is 85.8 Å². The lowest BCUT2D eigenvalue weighted by molar-refractivity contribution is -0.199. The lowest BCUT2D eigenvalue weighted by Gasteiger charge is -2.27. The molecule has 0 bridgehead atoms. The third-order valence-electron chi connectivity index (χ3n) is 6.19. The van der Waals surface area contributed by atoms with Crippen molar-refractivity contribution >= 4 is 8.60 Å². The van der Waals surface area contributed by atoms with Gasteiger partial charge in [0.25, 0.3) is 0 Å². The van der Waals surface area contributed by atoms with Gasteiger partial charge < -0.3 is 24.5 Å². The van der Waals surface area contributed by atoms with Gasteiger partial charge in [-0.3, -0.25) is 0 Å². The van der Waals surface area contributed by atoms with Gasteiger partial charge in [-0.25, -0.2) is 0 Å². The number of hydrogen-bond acceptors (Lipinski definition) is 5. The van der Waals surface area contributed by atoms with E-state index in [-0.39, 0.29) is 5.92 Å². The van der Waals surface area contributed by atoms with Gasteiger partial charge in [0, 0.05) is 5.92 Å². The third-order valence-corrected chi connectivity index (χ3v) is 6.54. The smallest absolute Gasteiger partial charge is 0.391 e. The van der Waals surface area contributed by atoms with Crippen molar-refractivity contribution in [1.29, 1.82) is 0 Å². The molecule has 0 saturated heterocycles. The fourth-order valence-electron chi connectivity index (χ4n) is 3.75. The second-order valence-corrected chi connectivity index (χ2v) is 9.86. The van der Waals surface area contributed by atoms with Crippen LogP contribution in [0.1, 0.15) is 122 Å². The maximum absolute atomic E-state index is 9.37. The van der Waals surface area contributed by atoms with Gasteiger partial charge in [0.2, 0.25) is 0 Å². The Morgan fingerprint density at radius 3 is 1.64 bits per heavy atom. The van der Waals surface area contributed by atoms with Crippen molar-refractivity contribution in [2.75, 3.05) is 0 Å². The highest BCUT2D eigenvalue weighted by molar-refractivity contribution is 7.39. The molecule has 194 valence electrons. The summed E-state index contributed by atoms with van der Waals surface area (Å²) in [6.45, 7) is 12.3. The first-order valence-electron chi connectivity index (χ1n) is 13.1. The zero-order valence-corrected chi connectivity index (χ0v) is 23.0. The molecule has 0 spiro atoms. The van der Waals surface area contributed by atoms with Crippen LogP contribution in [0.5, 0.6) is 5.75 Å². The first kappa shape index (κ1) is 32.3. The maximum Gasteiger partial charge on any atom is 0.391 e. The molecule has 0 fully saturated rings. The number of benzene rings is 1. The second-order valence-electron chi connectivity index (χ2n) is 9.17. The fraction of sp³-hybridized carbons (Fsp3) is 0.778. The summed E-state index contributed by atoms with van der Waals surface area (Å²) in [4.78, 5) is 18.6. The van der Waals surface area contributed by atoms with Crippen molar-refractivity contribution in [3.63, 3.8) is 0 Å². The Morgan fingerprint density at radius 2 is 1.24 bits per heavy atom. The maximum atomic E-state index is 9.37. The quantitative estimate of drug-likeness (QED) is 0.146. The van der Waals surface area contributed by atoms with Gasteiger partial charge in [0.15, 0.2) is 5.79 Å². The van der Waals surface area contributed by atoms with Crippen molar-refractivity contribution in [3.8, 4) is 5.75 Å². The summed E-state index contributed by atoms with van der Waals surface area (Å²) >= 11 is 0. The summed E-state index contributed by atoms with van der Waals surface area (Å²) in [5.41, 5.74) is 3.63. The van der Waals surface area contributed by atoms with E-state index in [1.165, 1.54) is 18.4 Å². The van der Waals surface area contributed by atoms with Gasteiger partial charge in [-0.15, -0.1) is 0 Å². The van der Waals surface area contributed by atoms with Crippen LogP contribution >= 0.6 is 8.60 Å². The molecule has 6 heteroatoms. The summed E-state index contributed by atoms with van der Waals surface area (Å²) in [6.07, 6.45) is 13.3. The van der Waals surface area contributed by atoms with E-state index >= 15 is 0 Å². The lowest BCUT2D eigenvalue weighted by atomic mass is 9.93. The molecule has 33 heavy (non-hydrogen) atoms. The number of aryl methyl sites for hydroxylation is 3. The molecule has 1 rings (SSSR count). The van der Waals surface area contributed by atoms with E-state index in [4.69, 9.17) is 4.52 Å². The van der Waals surface area contributed by atoms with E-state index in [1.807, 2.05) is 6.92 Å². The van der Waals surface area contributed by atoms with Crippen molar-refractivity contribution in [3.05, 3.63) is 28.8 Å². The van der Waals surface area contributed by atoms with Crippen LogP contribution < -0.4 is 4.52 Å². The predicted molar refractivity (Wildman–Crippen MR) is 140 cm³/mol. The normalized spacial score (nSPS) is 12.5. The highest BCUT2D eigenvalue weighted by Gasteiger charge is 2.27. The van der Waals surface area contributed by atoms with E-state index < -0.39 is 14.4 Å². The predicted octanol–water partition coefficient (Wildman–Crippen LogP) is 7.21. The Hall–Kier alpha value is -0.710. The van der Waals surface area contributed by atoms with Crippen LogP contribution in [-0.2, 0) is 19.3 Å². The molecule has 1 unspecified atom stereocenters. The minimum Gasteiger partial charge on any atom is -0.426 e. The molecule has 0 aromatic heterocycles. The standard InChI is InChI=1S/C18H31O3P.C9H20O2/c1-4-7-10-15-13-16(11-8-5-2)18(21-22(19)20)17(14-15)12-9-6-3;1-4-6-7-8(3)9(10,11)5-2/h13-14,19-20H,4-12H2,1-3H3;8,10-11H,4-7H2,1-3H3. The largest absolute Gasteiger partial charge is 0.426 e. The Kier molecular flexibility index (Phi) is 18.2. The molecule has 0 aliphatic carbocycles. The van der Waals surface area contributed by atoms with Gasteiger partial charge in [0.1, 0.15) is 5.75 Å². The van der Waals surface area contributed by atoms with E-state index in [0.717, 1.165) is 81.1 Å². The Balaban J connectivity index is 0.000000785. The van der Waals surface area contributed by atoms with Crippen LogP contribution in [0.15, 0.2) is 12.1 Å². The zero-order chi connectivity index (χ0) is 25.3. The molecule has 0 heterocycles. The van der Waals surface area contributed by atoms with E-state index in [9.17, 15) is 20.0 Å². The van der Waals surface area contributed by atoms with Crippen molar-refractivity contribution < 1.29 is 24.5 Å². The van der Waals surface area contributed by atoms with E-state index in [0.29, 0.717) is 6.42 Å². The molecule has 0 radical (unpaired) electrons. The first-order chi connectivity index (χ1) is 15.7. The molecule has 1 atom stereocenters. The van der Waals surface area contributed by atoms with Crippen LogP contribution in [0.4, 0.5) is 0 Å². The number of rotatable bonds is 16. The molecule has 0 aliphatic heterocycles. The minimum atomic E-state index is -2.36. The topological polar surface area (TPSA) is 90.2 Å². The Labute approximate surface area is 204 Å². The number of aliphatic hydroxyl groups is 2. The molecular formula is C27H51O5P. The van der Waals surface area contributed by atoms with Gasteiger partial charge >= 0.3 is 8.60 Å². The number of hydrogen-bond donors (Lipinski definition) is 4. The number of unbranched alkanes of at least 4 members (excludes halogenated alkanes) is 4. The average molecular weight is 487 g/mol. The first-order valence-corrected chi connectivity index (χ1v) is 14.3. The lowest BCUT2D eigenvalue weighted by Crippen LogP contribution is -2.35. The highest BCUT2D eigenvalue weighted by atomic mass is 31.2. The second kappa shape index (κ2) is 18.6. The highest BCUT2D eigenvalue weighted by Crippen LogP contribution is 2.37. The van der Waals surface area contributed by atoms with Crippen LogP contribution in [-0.4, -0.2) is 25.8 Å². The fourth-order valence-corrected chi connectivity index (χ4v) is 4.14. The van der Waals surface area contributed by atoms with Crippen molar-refractivity contribution in [1.82, 2.24) is 0 Å². The van der Waals surface area contributed by atoms with Gasteiger partial charge in [-0.05, 0) is 68.1 Å². The molecular weight excluding hydrogens is 435 g/mol. The molecule has 1 aromatic rings. The van der Waals surface area contributed by atoms with Gasteiger partial charge in [0.05, 0.1) is 0 Å². The van der Waals surface area contributed by atoms with Crippen LogP contribution in [0.3, 0.4) is 0 Å². The van der Waals surface area contributed by atoms with E-state index in [2.05, 4.69) is 39.8 Å². The van der Waals surface area contributed by atoms with Crippen LogP contribution in [0.25, 0.3) is 0 Å².